The molecule has 39 heavy (non-hydrogen) atoms. The third-order valence-electron chi connectivity index (χ3n) is 4.86. The Labute approximate surface area is 229 Å². The quantitative estimate of drug-likeness (QED) is 0.1000. The largest absolute Gasteiger partial charge is 0.462 e. The number of carbonyl (C=O) groups excluding carboxylic acids is 2. The summed E-state index contributed by atoms with van der Waals surface area (Å²) in [4.78, 5) is 37.4. The zero-order valence-electron chi connectivity index (χ0n) is 22.8. The average Bonchev–Trinajstić information content (AvgIpc) is 3.21. The summed E-state index contributed by atoms with van der Waals surface area (Å²) in [5.74, 6) is -0.603. The molecule has 0 aliphatic heterocycles. The summed E-state index contributed by atoms with van der Waals surface area (Å²) in [6.07, 6.45) is 2.26. The molecule has 0 radical (unpaired) electrons. The van der Waals surface area contributed by atoms with E-state index >= 15 is 0 Å². The van der Waals surface area contributed by atoms with Crippen molar-refractivity contribution in [2.24, 2.45) is 0 Å². The Kier molecular flexibility index (Phi) is 13.5. The second-order valence-corrected chi connectivity index (χ2v) is 11.4. The van der Waals surface area contributed by atoms with Gasteiger partial charge >= 0.3 is 11.9 Å². The Morgan fingerprint density at radius 2 is 1.64 bits per heavy atom. The van der Waals surface area contributed by atoms with Crippen LogP contribution in [0, 0.1) is 0 Å². The summed E-state index contributed by atoms with van der Waals surface area (Å²) in [7, 11) is -3.62. The molecule has 15 heteroatoms. The maximum Gasteiger partial charge on any atom is 0.323 e. The molecular formula is C24H43N8O6P. The van der Waals surface area contributed by atoms with E-state index in [2.05, 4.69) is 37.0 Å². The van der Waals surface area contributed by atoms with Gasteiger partial charge in [0, 0.05) is 13.1 Å². The first-order chi connectivity index (χ1) is 17.8. The summed E-state index contributed by atoms with van der Waals surface area (Å²) in [6, 6.07) is -1.85. The molecular weight excluding hydrogens is 527 g/mol. The predicted octanol–water partition coefficient (Wildman–Crippen LogP) is 2.67. The standard InChI is InChI=1S/C23H39N8O6P.CH4/c1-8-9-25-19-18-20(28-23(24)27-19)31(12-26-18)10-11-35-13-38(34,29-16(6)21(32)36-14(2)3)30-17(7)22(33)37-15(4)5;/h8,12,14-17H,1,9-11,13H2,2-7H3,(H2,29,30,34)(H3,24,25,27,28);1H4. The fraction of sp³-hybridized carbons (Fsp3) is 0.625. The minimum absolute atomic E-state index is 0. The monoisotopic (exact) mass is 570 g/mol. The van der Waals surface area contributed by atoms with Gasteiger partial charge in [-0.05, 0) is 41.5 Å². The van der Waals surface area contributed by atoms with Gasteiger partial charge in [0.2, 0.25) is 13.4 Å². The fourth-order valence-corrected chi connectivity index (χ4v) is 5.36. The zero-order valence-corrected chi connectivity index (χ0v) is 23.7. The number of ether oxygens (including phenoxy) is 3. The number of hydrogen-bond acceptors (Lipinski definition) is 11. The number of anilines is 2. The van der Waals surface area contributed by atoms with E-state index in [0.29, 0.717) is 30.1 Å². The smallest absolute Gasteiger partial charge is 0.323 e. The van der Waals surface area contributed by atoms with Crippen molar-refractivity contribution in [2.45, 2.75) is 79.8 Å². The maximum absolute atomic E-state index is 13.7. The molecule has 220 valence electrons. The highest BCUT2D eigenvalue weighted by atomic mass is 31.2. The van der Waals surface area contributed by atoms with Crippen molar-refractivity contribution in [3.8, 4) is 0 Å². The number of nitrogens with zero attached hydrogens (tertiary/aromatic N) is 4. The van der Waals surface area contributed by atoms with Crippen LogP contribution in [-0.2, 0) is 34.9 Å². The van der Waals surface area contributed by atoms with E-state index in [1.165, 1.54) is 13.8 Å². The van der Waals surface area contributed by atoms with Crippen molar-refractivity contribution >= 4 is 42.3 Å². The van der Waals surface area contributed by atoms with Crippen LogP contribution in [0.15, 0.2) is 19.0 Å². The number of hydrogen-bond donors (Lipinski definition) is 4. The molecule has 0 bridgehead atoms. The number of nitrogens with one attached hydrogen (secondary N) is 3. The van der Waals surface area contributed by atoms with Crippen LogP contribution in [0.25, 0.3) is 11.2 Å². The van der Waals surface area contributed by atoms with E-state index in [-0.39, 0.29) is 38.5 Å². The van der Waals surface area contributed by atoms with Crippen molar-refractivity contribution in [1.29, 1.82) is 0 Å². The number of aromatic nitrogens is 4. The van der Waals surface area contributed by atoms with Gasteiger partial charge < -0.3 is 29.8 Å². The van der Waals surface area contributed by atoms with Crippen molar-refractivity contribution in [3.63, 3.8) is 0 Å². The zero-order chi connectivity index (χ0) is 28.5. The molecule has 0 spiro atoms. The molecule has 2 unspecified atom stereocenters. The maximum atomic E-state index is 13.7. The third kappa shape index (κ3) is 10.6. The van der Waals surface area contributed by atoms with Crippen molar-refractivity contribution in [1.82, 2.24) is 29.7 Å². The van der Waals surface area contributed by atoms with Gasteiger partial charge in [-0.2, -0.15) is 9.97 Å². The van der Waals surface area contributed by atoms with Crippen LogP contribution >= 0.6 is 7.44 Å². The topological polar surface area (TPSA) is 185 Å². The highest BCUT2D eigenvalue weighted by Crippen LogP contribution is 2.37. The van der Waals surface area contributed by atoms with Crippen LogP contribution in [0.2, 0.25) is 0 Å². The minimum Gasteiger partial charge on any atom is -0.462 e. The number of carbonyl (C=O) groups is 2. The molecule has 0 aromatic carbocycles. The van der Waals surface area contributed by atoms with Gasteiger partial charge in [-0.1, -0.05) is 13.5 Å². The molecule has 5 N–H and O–H groups in total. The van der Waals surface area contributed by atoms with Crippen LogP contribution < -0.4 is 21.2 Å². The Morgan fingerprint density at radius 3 is 2.15 bits per heavy atom. The normalized spacial score (nSPS) is 14.4. The summed E-state index contributed by atoms with van der Waals surface area (Å²) >= 11 is 0. The number of nitrogen functional groups attached to an aromatic ring is 1. The summed E-state index contributed by atoms with van der Waals surface area (Å²) < 4.78 is 31.6. The van der Waals surface area contributed by atoms with Crippen molar-refractivity contribution < 1.29 is 28.4 Å². The third-order valence-corrected chi connectivity index (χ3v) is 7.01. The van der Waals surface area contributed by atoms with Crippen LogP contribution in [0.1, 0.15) is 49.0 Å². The lowest BCUT2D eigenvalue weighted by Crippen LogP contribution is -2.43. The molecule has 0 amide bonds. The Balaban J connectivity index is 0.00000760. The first kappa shape index (κ1) is 34.0. The Morgan fingerprint density at radius 1 is 1.08 bits per heavy atom. The summed E-state index contributed by atoms with van der Waals surface area (Å²) in [5.41, 5.74) is 6.88. The lowest BCUT2D eigenvalue weighted by atomic mass is 10.4. The lowest BCUT2D eigenvalue weighted by molar-refractivity contribution is -0.149. The van der Waals surface area contributed by atoms with Gasteiger partial charge in [-0.3, -0.25) is 14.2 Å². The van der Waals surface area contributed by atoms with E-state index < -0.39 is 31.5 Å². The lowest BCUT2D eigenvalue weighted by Gasteiger charge is -2.27. The molecule has 0 aliphatic carbocycles. The predicted molar refractivity (Wildman–Crippen MR) is 151 cm³/mol. The number of fused-ring (bicyclic) bond motifs is 1. The molecule has 2 aromatic rings. The van der Waals surface area contributed by atoms with Crippen molar-refractivity contribution in [3.05, 3.63) is 19.0 Å². The Bertz CT molecular complexity index is 1120. The van der Waals surface area contributed by atoms with Gasteiger partial charge in [0.1, 0.15) is 18.4 Å². The highest BCUT2D eigenvalue weighted by molar-refractivity contribution is 7.59. The minimum atomic E-state index is -3.62. The van der Waals surface area contributed by atoms with E-state index in [9.17, 15) is 14.2 Å². The summed E-state index contributed by atoms with van der Waals surface area (Å²) in [6.45, 7) is 14.5. The van der Waals surface area contributed by atoms with Crippen molar-refractivity contribution in [2.75, 3.05) is 30.6 Å². The van der Waals surface area contributed by atoms with E-state index in [0.717, 1.165) is 0 Å². The van der Waals surface area contributed by atoms with Gasteiger partial charge in [-0.15, -0.1) is 6.58 Å². The van der Waals surface area contributed by atoms with E-state index in [1.807, 2.05) is 0 Å². The number of imidazole rings is 1. The molecule has 2 heterocycles. The molecule has 0 fully saturated rings. The Hall–Kier alpha value is -3.06. The number of nitrogens with two attached hydrogens (primary N) is 1. The molecule has 14 nitrogen and oxygen atoms in total. The van der Waals surface area contributed by atoms with E-state index in [4.69, 9.17) is 19.9 Å². The highest BCUT2D eigenvalue weighted by Gasteiger charge is 2.32. The molecule has 0 aliphatic rings. The second kappa shape index (κ2) is 15.5. The summed E-state index contributed by atoms with van der Waals surface area (Å²) in [5, 5.41) is 8.59. The first-order valence-corrected chi connectivity index (χ1v) is 14.2. The van der Waals surface area contributed by atoms with Crippen LogP contribution in [0.5, 0.6) is 0 Å². The fourth-order valence-electron chi connectivity index (χ4n) is 3.28. The van der Waals surface area contributed by atoms with Gasteiger partial charge in [0.05, 0.1) is 25.1 Å². The molecule has 0 saturated heterocycles. The molecule has 2 rings (SSSR count). The number of esters is 2. The first-order valence-electron chi connectivity index (χ1n) is 12.3. The molecule has 0 saturated carbocycles. The molecule has 2 atom stereocenters. The van der Waals surface area contributed by atoms with E-state index in [1.54, 1.807) is 44.7 Å². The SMILES string of the molecule is C.C=CCNc1nc(N)nc2c1ncn2CCOCP(=O)(NC(C)C(=O)OC(C)C)NC(C)C(=O)OC(C)C. The van der Waals surface area contributed by atoms with Crippen LogP contribution in [0.3, 0.4) is 0 Å². The molecule has 2 aromatic heterocycles. The van der Waals surface area contributed by atoms with Gasteiger partial charge in [-0.25, -0.2) is 15.2 Å². The average molecular weight is 571 g/mol. The number of rotatable bonds is 16. The second-order valence-electron chi connectivity index (χ2n) is 9.16. The van der Waals surface area contributed by atoms with Gasteiger partial charge in [0.25, 0.3) is 0 Å². The van der Waals surface area contributed by atoms with Crippen LogP contribution in [-0.4, -0.2) is 75.2 Å². The van der Waals surface area contributed by atoms with Gasteiger partial charge in [0.15, 0.2) is 17.0 Å². The van der Waals surface area contributed by atoms with Crippen LogP contribution in [0.4, 0.5) is 11.8 Å².